The van der Waals surface area contributed by atoms with E-state index in [1.54, 1.807) is 11.8 Å². The largest absolute Gasteiger partial charge is 0.362 e. The van der Waals surface area contributed by atoms with Crippen molar-refractivity contribution in [2.24, 2.45) is 4.99 Å². The van der Waals surface area contributed by atoms with Crippen LogP contribution in [0.2, 0.25) is 0 Å². The molecule has 1 aromatic heterocycles. The lowest BCUT2D eigenvalue weighted by Crippen LogP contribution is -2.37. The zero-order valence-corrected chi connectivity index (χ0v) is 9.46. The molecule has 1 N–H and O–H groups in total. The first-order chi connectivity index (χ1) is 7.38. The summed E-state index contributed by atoms with van der Waals surface area (Å²) in [6.07, 6.45) is 3.68. The molecule has 0 aliphatic carbocycles. The average molecular weight is 226 g/mol. The zero-order chi connectivity index (χ0) is 10.5. The molecule has 1 aliphatic rings. The van der Waals surface area contributed by atoms with Crippen molar-refractivity contribution >= 4 is 16.9 Å². The van der Waals surface area contributed by atoms with Gasteiger partial charge in [0.2, 0.25) is 6.39 Å². The van der Waals surface area contributed by atoms with Crippen LogP contribution in [0.1, 0.15) is 25.6 Å². The standard InChI is InChI=1S/C9H14N4OS/c1-2-7-3-4-15-9(12-7)10-5-8-11-6-14-13-8/h6-7H,2-5H2,1H3,(H,10,12). The lowest BCUT2D eigenvalue weighted by Gasteiger charge is -2.23. The highest BCUT2D eigenvalue weighted by Gasteiger charge is 2.15. The number of rotatable bonds is 3. The highest BCUT2D eigenvalue weighted by Crippen LogP contribution is 2.15. The Kier molecular flexibility index (Phi) is 3.60. The number of hydrogen-bond acceptors (Lipinski definition) is 5. The molecule has 2 rings (SSSR count). The van der Waals surface area contributed by atoms with Crippen molar-refractivity contribution in [1.29, 1.82) is 0 Å². The predicted octanol–water partition coefficient (Wildman–Crippen LogP) is 1.43. The Morgan fingerprint density at radius 2 is 2.67 bits per heavy atom. The third kappa shape index (κ3) is 2.95. The van der Waals surface area contributed by atoms with Crippen molar-refractivity contribution in [3.8, 4) is 0 Å². The number of nitrogens with one attached hydrogen (secondary N) is 1. The van der Waals surface area contributed by atoms with Gasteiger partial charge in [0.25, 0.3) is 0 Å². The van der Waals surface area contributed by atoms with E-state index in [1.807, 2.05) is 0 Å². The SMILES string of the molecule is CCC1CCSC(=NCc2ncon2)N1. The monoisotopic (exact) mass is 226 g/mol. The van der Waals surface area contributed by atoms with Gasteiger partial charge < -0.3 is 9.84 Å². The summed E-state index contributed by atoms with van der Waals surface area (Å²) >= 11 is 1.76. The molecule has 0 spiro atoms. The normalized spacial score (nSPS) is 24.1. The molecule has 6 heteroatoms. The molecule has 1 saturated heterocycles. The van der Waals surface area contributed by atoms with Gasteiger partial charge in [-0.3, -0.25) is 4.99 Å². The second-order valence-corrected chi connectivity index (χ2v) is 4.44. The first-order valence-electron chi connectivity index (χ1n) is 5.07. The number of thioether (sulfide) groups is 1. The lowest BCUT2D eigenvalue weighted by atomic mass is 10.2. The Labute approximate surface area is 92.7 Å². The van der Waals surface area contributed by atoms with Gasteiger partial charge in [0.05, 0.1) is 0 Å². The fourth-order valence-corrected chi connectivity index (χ4v) is 2.39. The van der Waals surface area contributed by atoms with Crippen LogP contribution < -0.4 is 5.32 Å². The summed E-state index contributed by atoms with van der Waals surface area (Å²) < 4.78 is 4.64. The minimum atomic E-state index is 0.488. The molecule has 1 unspecified atom stereocenters. The van der Waals surface area contributed by atoms with E-state index in [-0.39, 0.29) is 0 Å². The van der Waals surface area contributed by atoms with Gasteiger partial charge in [0.15, 0.2) is 11.0 Å². The maximum absolute atomic E-state index is 4.64. The summed E-state index contributed by atoms with van der Waals surface area (Å²) in [5.74, 6) is 1.76. The van der Waals surface area contributed by atoms with E-state index >= 15 is 0 Å². The summed E-state index contributed by atoms with van der Waals surface area (Å²) in [4.78, 5) is 8.33. The van der Waals surface area contributed by atoms with Crippen LogP contribution in [0.25, 0.3) is 0 Å². The molecule has 0 radical (unpaired) electrons. The molecule has 1 fully saturated rings. The summed E-state index contributed by atoms with van der Waals surface area (Å²) in [5.41, 5.74) is 0. The Hall–Kier alpha value is -1.04. The quantitative estimate of drug-likeness (QED) is 0.844. The van der Waals surface area contributed by atoms with Crippen molar-refractivity contribution in [2.75, 3.05) is 5.75 Å². The molecule has 0 saturated carbocycles. The highest BCUT2D eigenvalue weighted by atomic mass is 32.2. The van der Waals surface area contributed by atoms with E-state index in [0.29, 0.717) is 18.4 Å². The third-order valence-electron chi connectivity index (χ3n) is 2.30. The van der Waals surface area contributed by atoms with E-state index in [4.69, 9.17) is 0 Å². The molecule has 15 heavy (non-hydrogen) atoms. The molecule has 0 bridgehead atoms. The Morgan fingerprint density at radius 1 is 1.73 bits per heavy atom. The van der Waals surface area contributed by atoms with Crippen LogP contribution in [0.3, 0.4) is 0 Å². The molecule has 0 aromatic carbocycles. The molecule has 1 aromatic rings. The van der Waals surface area contributed by atoms with Gasteiger partial charge in [-0.25, -0.2) is 0 Å². The van der Waals surface area contributed by atoms with Gasteiger partial charge in [0.1, 0.15) is 6.54 Å². The van der Waals surface area contributed by atoms with Gasteiger partial charge >= 0.3 is 0 Å². The van der Waals surface area contributed by atoms with E-state index in [1.165, 1.54) is 12.8 Å². The van der Waals surface area contributed by atoms with Crippen LogP contribution in [-0.4, -0.2) is 27.1 Å². The summed E-state index contributed by atoms with van der Waals surface area (Å²) in [5, 5.41) is 8.10. The minimum absolute atomic E-state index is 0.488. The average Bonchev–Trinajstić information content (AvgIpc) is 2.79. The Morgan fingerprint density at radius 3 is 3.40 bits per heavy atom. The maximum Gasteiger partial charge on any atom is 0.213 e. The second kappa shape index (κ2) is 5.16. The molecular weight excluding hydrogens is 212 g/mol. The van der Waals surface area contributed by atoms with Crippen LogP contribution in [0.4, 0.5) is 0 Å². The van der Waals surface area contributed by atoms with Crippen LogP contribution in [0.15, 0.2) is 15.9 Å². The maximum atomic E-state index is 4.64. The van der Waals surface area contributed by atoms with E-state index in [9.17, 15) is 0 Å². The number of amidine groups is 1. The second-order valence-electron chi connectivity index (χ2n) is 3.36. The molecule has 5 nitrogen and oxygen atoms in total. The first kappa shape index (κ1) is 10.5. The van der Waals surface area contributed by atoms with Crippen LogP contribution >= 0.6 is 11.8 Å². The third-order valence-corrected chi connectivity index (χ3v) is 3.26. The molecular formula is C9H14N4OS. The van der Waals surface area contributed by atoms with Crippen molar-refractivity contribution < 1.29 is 4.52 Å². The number of aliphatic imine (C=N–C) groups is 1. The van der Waals surface area contributed by atoms with Gasteiger partial charge in [0, 0.05) is 11.8 Å². The fraction of sp³-hybridized carbons (Fsp3) is 0.667. The molecule has 1 atom stereocenters. The van der Waals surface area contributed by atoms with Crippen molar-refractivity contribution in [3.63, 3.8) is 0 Å². The lowest BCUT2D eigenvalue weighted by molar-refractivity contribution is 0.410. The number of hydrogen-bond donors (Lipinski definition) is 1. The van der Waals surface area contributed by atoms with E-state index in [0.717, 1.165) is 17.3 Å². The van der Waals surface area contributed by atoms with Gasteiger partial charge in [-0.2, -0.15) is 4.98 Å². The number of nitrogens with zero attached hydrogens (tertiary/aromatic N) is 3. The smallest absolute Gasteiger partial charge is 0.213 e. The van der Waals surface area contributed by atoms with Crippen molar-refractivity contribution in [2.45, 2.75) is 32.4 Å². The molecule has 82 valence electrons. The van der Waals surface area contributed by atoms with Crippen LogP contribution in [0.5, 0.6) is 0 Å². The van der Waals surface area contributed by atoms with Gasteiger partial charge in [-0.1, -0.05) is 23.8 Å². The van der Waals surface area contributed by atoms with Gasteiger partial charge in [-0.05, 0) is 12.8 Å². The van der Waals surface area contributed by atoms with E-state index in [2.05, 4.69) is 31.9 Å². The van der Waals surface area contributed by atoms with Crippen molar-refractivity contribution in [3.05, 3.63) is 12.2 Å². The van der Waals surface area contributed by atoms with Crippen LogP contribution in [0, 0.1) is 0 Å². The van der Waals surface area contributed by atoms with Gasteiger partial charge in [-0.15, -0.1) is 0 Å². The number of aromatic nitrogens is 2. The topological polar surface area (TPSA) is 63.3 Å². The van der Waals surface area contributed by atoms with Crippen LogP contribution in [-0.2, 0) is 6.54 Å². The zero-order valence-electron chi connectivity index (χ0n) is 8.64. The van der Waals surface area contributed by atoms with Crippen molar-refractivity contribution in [1.82, 2.24) is 15.5 Å². The molecule has 0 amide bonds. The fourth-order valence-electron chi connectivity index (χ4n) is 1.39. The molecule has 2 heterocycles. The Balaban J connectivity index is 1.89. The molecule has 1 aliphatic heterocycles. The minimum Gasteiger partial charge on any atom is -0.362 e. The Bertz CT molecular complexity index is 325. The highest BCUT2D eigenvalue weighted by molar-refractivity contribution is 8.13. The summed E-state index contributed by atoms with van der Waals surface area (Å²) in [7, 11) is 0. The van der Waals surface area contributed by atoms with E-state index < -0.39 is 0 Å². The first-order valence-corrected chi connectivity index (χ1v) is 6.06. The predicted molar refractivity (Wildman–Crippen MR) is 59.7 cm³/mol. The summed E-state index contributed by atoms with van der Waals surface area (Å²) in [6.45, 7) is 2.67. The summed E-state index contributed by atoms with van der Waals surface area (Å²) in [6, 6.07) is 0.565.